The number of hydrogen-bond donors (Lipinski definition) is 0. The average Bonchev–Trinajstić information content (AvgIpc) is 2.65. The molecule has 0 N–H and O–H groups in total. The molecule has 1 aliphatic rings. The van der Waals surface area contributed by atoms with E-state index in [0.29, 0.717) is 42.3 Å². The molecule has 136 valence electrons. The van der Waals surface area contributed by atoms with Gasteiger partial charge in [-0.25, -0.2) is 0 Å². The number of aryl methyl sites for hydroxylation is 1. The first-order valence-corrected chi connectivity index (χ1v) is 9.64. The molecule has 0 aliphatic carbocycles. The molecule has 26 heavy (non-hydrogen) atoms. The van der Waals surface area contributed by atoms with Crippen LogP contribution >= 0.6 is 27.5 Å². The Morgan fingerprint density at radius 1 is 1.12 bits per heavy atom. The number of rotatable bonds is 3. The zero-order chi connectivity index (χ0) is 18.7. The first kappa shape index (κ1) is 18.9. The monoisotopic (exact) mass is 435 g/mol. The minimum atomic E-state index is -0.284. The van der Waals surface area contributed by atoms with Crippen LogP contribution in [0, 0.1) is 12.8 Å². The second kappa shape index (κ2) is 8.23. The van der Waals surface area contributed by atoms with Crippen molar-refractivity contribution in [3.05, 3.63) is 63.1 Å². The molecule has 2 aromatic rings. The predicted molar refractivity (Wildman–Crippen MR) is 105 cm³/mol. The summed E-state index contributed by atoms with van der Waals surface area (Å²) in [6.45, 7) is 2.99. The van der Waals surface area contributed by atoms with Gasteiger partial charge in [-0.15, -0.1) is 0 Å². The molecule has 0 unspecified atom stereocenters. The zero-order valence-electron chi connectivity index (χ0n) is 14.4. The van der Waals surface area contributed by atoms with E-state index in [0.717, 1.165) is 10.0 Å². The number of likely N-dealkylation sites (tertiary alicyclic amines) is 1. The average molecular weight is 437 g/mol. The number of carbonyl (C=O) groups is 2. The Morgan fingerprint density at radius 3 is 2.42 bits per heavy atom. The Labute approximate surface area is 166 Å². The Kier molecular flexibility index (Phi) is 5.99. The Morgan fingerprint density at radius 2 is 1.77 bits per heavy atom. The van der Waals surface area contributed by atoms with E-state index in [1.807, 2.05) is 25.1 Å². The van der Waals surface area contributed by atoms with Gasteiger partial charge in [-0.05, 0) is 61.7 Å². The molecular weight excluding hydrogens is 418 g/mol. The quantitative estimate of drug-likeness (QED) is 0.509. The number of amides is 1. The third kappa shape index (κ3) is 4.46. The molecular formula is C20H19BrClNO3. The molecule has 0 aromatic heterocycles. The summed E-state index contributed by atoms with van der Waals surface area (Å²) >= 11 is 9.45. The topological polar surface area (TPSA) is 46.6 Å². The fourth-order valence-electron chi connectivity index (χ4n) is 2.97. The lowest BCUT2D eigenvalue weighted by atomic mass is 9.96. The van der Waals surface area contributed by atoms with Gasteiger partial charge in [-0.3, -0.25) is 9.59 Å². The van der Waals surface area contributed by atoms with Gasteiger partial charge < -0.3 is 9.64 Å². The SMILES string of the molecule is Cc1ccc(Cl)c(OC(=O)C2CCN(C(=O)c3ccc(Br)cc3)CC2)c1. The fourth-order valence-corrected chi connectivity index (χ4v) is 3.39. The van der Waals surface area contributed by atoms with Gasteiger partial charge in [-0.1, -0.05) is 33.6 Å². The van der Waals surface area contributed by atoms with Gasteiger partial charge in [0.15, 0.2) is 0 Å². The van der Waals surface area contributed by atoms with Gasteiger partial charge in [0.1, 0.15) is 5.75 Å². The van der Waals surface area contributed by atoms with Crippen LogP contribution in [0.25, 0.3) is 0 Å². The summed E-state index contributed by atoms with van der Waals surface area (Å²) in [6.07, 6.45) is 1.18. The number of benzene rings is 2. The standard InChI is InChI=1S/C20H19BrClNO3/c1-13-2-7-17(22)18(12-13)26-20(25)15-8-10-23(11-9-15)19(24)14-3-5-16(21)6-4-14/h2-7,12,15H,8-11H2,1H3. The second-order valence-electron chi connectivity index (χ2n) is 6.43. The van der Waals surface area contributed by atoms with Crippen molar-refractivity contribution in [3.8, 4) is 5.75 Å². The summed E-state index contributed by atoms with van der Waals surface area (Å²) < 4.78 is 6.41. The molecule has 0 bridgehead atoms. The highest BCUT2D eigenvalue weighted by molar-refractivity contribution is 9.10. The molecule has 1 saturated heterocycles. The Hall–Kier alpha value is -1.85. The van der Waals surface area contributed by atoms with Gasteiger partial charge in [-0.2, -0.15) is 0 Å². The van der Waals surface area contributed by atoms with Crippen molar-refractivity contribution in [2.24, 2.45) is 5.92 Å². The summed E-state index contributed by atoms with van der Waals surface area (Å²) in [5.41, 5.74) is 1.63. The van der Waals surface area contributed by atoms with Crippen LogP contribution in [0.3, 0.4) is 0 Å². The largest absolute Gasteiger partial charge is 0.425 e. The van der Waals surface area contributed by atoms with Crippen LogP contribution in [0.1, 0.15) is 28.8 Å². The minimum Gasteiger partial charge on any atom is -0.425 e. The lowest BCUT2D eigenvalue weighted by molar-refractivity contribution is -0.140. The van der Waals surface area contributed by atoms with Gasteiger partial charge >= 0.3 is 5.97 Å². The fraction of sp³-hybridized carbons (Fsp3) is 0.300. The maximum Gasteiger partial charge on any atom is 0.314 e. The highest BCUT2D eigenvalue weighted by atomic mass is 79.9. The number of esters is 1. The lowest BCUT2D eigenvalue weighted by Gasteiger charge is -2.31. The molecule has 1 amide bonds. The van der Waals surface area contributed by atoms with E-state index in [1.165, 1.54) is 0 Å². The van der Waals surface area contributed by atoms with E-state index in [-0.39, 0.29) is 17.8 Å². The Bertz CT molecular complexity index is 814. The van der Waals surface area contributed by atoms with E-state index in [9.17, 15) is 9.59 Å². The van der Waals surface area contributed by atoms with Crippen molar-refractivity contribution in [1.29, 1.82) is 0 Å². The summed E-state index contributed by atoms with van der Waals surface area (Å²) in [5.74, 6) is -0.120. The number of halogens is 2. The smallest absolute Gasteiger partial charge is 0.314 e. The van der Waals surface area contributed by atoms with Crippen LogP contribution < -0.4 is 4.74 Å². The molecule has 4 nitrogen and oxygen atoms in total. The molecule has 3 rings (SSSR count). The second-order valence-corrected chi connectivity index (χ2v) is 7.75. The molecule has 0 atom stereocenters. The van der Waals surface area contributed by atoms with E-state index >= 15 is 0 Å². The van der Waals surface area contributed by atoms with Gasteiger partial charge in [0, 0.05) is 23.1 Å². The van der Waals surface area contributed by atoms with Gasteiger partial charge in [0.25, 0.3) is 5.91 Å². The van der Waals surface area contributed by atoms with Crippen molar-refractivity contribution >= 4 is 39.4 Å². The summed E-state index contributed by atoms with van der Waals surface area (Å²) in [6, 6.07) is 12.6. The highest BCUT2D eigenvalue weighted by Crippen LogP contribution is 2.28. The number of hydrogen-bond acceptors (Lipinski definition) is 3. The number of carbonyl (C=O) groups excluding carboxylic acids is 2. The van der Waals surface area contributed by atoms with E-state index < -0.39 is 0 Å². The summed E-state index contributed by atoms with van der Waals surface area (Å²) in [7, 11) is 0. The van der Waals surface area contributed by atoms with Crippen LogP contribution in [0.4, 0.5) is 0 Å². The highest BCUT2D eigenvalue weighted by Gasteiger charge is 2.29. The van der Waals surface area contributed by atoms with Crippen LogP contribution in [-0.2, 0) is 4.79 Å². The molecule has 0 saturated carbocycles. The molecule has 1 heterocycles. The number of nitrogens with zero attached hydrogens (tertiary/aromatic N) is 1. The van der Waals surface area contributed by atoms with E-state index in [4.69, 9.17) is 16.3 Å². The maximum atomic E-state index is 12.5. The predicted octanol–water partition coefficient (Wildman–Crippen LogP) is 4.87. The van der Waals surface area contributed by atoms with Crippen molar-refractivity contribution in [1.82, 2.24) is 4.90 Å². The van der Waals surface area contributed by atoms with Gasteiger partial charge in [0.2, 0.25) is 0 Å². The van der Waals surface area contributed by atoms with Crippen molar-refractivity contribution in [3.63, 3.8) is 0 Å². The van der Waals surface area contributed by atoms with E-state index in [1.54, 1.807) is 29.2 Å². The molecule has 0 spiro atoms. The van der Waals surface area contributed by atoms with Crippen LogP contribution in [-0.4, -0.2) is 29.9 Å². The van der Waals surface area contributed by atoms with Crippen LogP contribution in [0.5, 0.6) is 5.75 Å². The van der Waals surface area contributed by atoms with Crippen LogP contribution in [0.15, 0.2) is 46.9 Å². The lowest BCUT2D eigenvalue weighted by Crippen LogP contribution is -2.41. The maximum absolute atomic E-state index is 12.5. The minimum absolute atomic E-state index is 0.00829. The third-order valence-corrected chi connectivity index (χ3v) is 5.34. The molecule has 2 aromatic carbocycles. The number of ether oxygens (including phenoxy) is 1. The van der Waals surface area contributed by atoms with E-state index in [2.05, 4.69) is 15.9 Å². The molecule has 1 aliphatic heterocycles. The summed E-state index contributed by atoms with van der Waals surface area (Å²) in [4.78, 5) is 26.7. The van der Waals surface area contributed by atoms with Crippen LogP contribution in [0.2, 0.25) is 5.02 Å². The first-order valence-electron chi connectivity index (χ1n) is 8.47. The van der Waals surface area contributed by atoms with Crippen molar-refractivity contribution in [2.75, 3.05) is 13.1 Å². The normalized spacial score (nSPS) is 15.0. The number of piperidine rings is 1. The molecule has 6 heteroatoms. The third-order valence-electron chi connectivity index (χ3n) is 4.50. The van der Waals surface area contributed by atoms with Gasteiger partial charge in [0.05, 0.1) is 10.9 Å². The zero-order valence-corrected chi connectivity index (χ0v) is 16.7. The van der Waals surface area contributed by atoms with Crippen molar-refractivity contribution < 1.29 is 14.3 Å². The molecule has 0 radical (unpaired) electrons. The first-order chi connectivity index (χ1) is 12.4. The van der Waals surface area contributed by atoms with Crippen molar-refractivity contribution in [2.45, 2.75) is 19.8 Å². The summed E-state index contributed by atoms with van der Waals surface area (Å²) in [5, 5.41) is 0.423. The Balaban J connectivity index is 1.57. The molecule has 1 fully saturated rings.